The van der Waals surface area contributed by atoms with Crippen LogP contribution in [0.25, 0.3) is 0 Å². The van der Waals surface area contributed by atoms with Crippen LogP contribution in [-0.4, -0.2) is 85.4 Å². The van der Waals surface area contributed by atoms with Crippen molar-refractivity contribution in [2.24, 2.45) is 0 Å². The number of ether oxygens (including phenoxy) is 1. The molecule has 0 unspecified atom stereocenters. The first kappa shape index (κ1) is 18.4. The number of carbonyl (C=O) groups excluding carboxylic acids is 1. The number of aliphatic hydroxyl groups is 1. The van der Waals surface area contributed by atoms with Crippen molar-refractivity contribution in [3.8, 4) is 0 Å². The predicted octanol–water partition coefficient (Wildman–Crippen LogP) is -0.0823. The van der Waals surface area contributed by atoms with Gasteiger partial charge < -0.3 is 15.2 Å². The Morgan fingerprint density at radius 2 is 2.00 bits per heavy atom. The van der Waals surface area contributed by atoms with E-state index in [0.29, 0.717) is 19.6 Å². The Morgan fingerprint density at radius 3 is 2.57 bits per heavy atom. The molecular formula is C15H31N3O3. The number of hydrogen-bond donors (Lipinski definition) is 2. The molecule has 0 aliphatic carbocycles. The number of amides is 1. The lowest BCUT2D eigenvalue weighted by Crippen LogP contribution is -2.56. The van der Waals surface area contributed by atoms with Gasteiger partial charge in [-0.15, -0.1) is 0 Å². The number of nitrogens with zero attached hydrogens (tertiary/aromatic N) is 2. The second kappa shape index (κ2) is 9.35. The third-order valence-corrected chi connectivity index (χ3v) is 3.91. The van der Waals surface area contributed by atoms with E-state index in [1.807, 2.05) is 4.90 Å². The summed E-state index contributed by atoms with van der Waals surface area (Å²) in [5.74, 6) is 0.0261. The van der Waals surface area contributed by atoms with E-state index >= 15 is 0 Å². The van der Waals surface area contributed by atoms with E-state index in [9.17, 15) is 4.79 Å². The molecule has 124 valence electrons. The third kappa shape index (κ3) is 6.74. The number of aliphatic hydroxyl groups excluding tert-OH is 1. The zero-order chi connectivity index (χ0) is 15.7. The van der Waals surface area contributed by atoms with Crippen molar-refractivity contribution in [3.63, 3.8) is 0 Å². The summed E-state index contributed by atoms with van der Waals surface area (Å²) in [5.41, 5.74) is -0.0635. The highest BCUT2D eigenvalue weighted by Crippen LogP contribution is 2.14. The Labute approximate surface area is 128 Å². The van der Waals surface area contributed by atoms with Gasteiger partial charge in [0.25, 0.3) is 0 Å². The largest absolute Gasteiger partial charge is 0.395 e. The van der Waals surface area contributed by atoms with Crippen LogP contribution >= 0.6 is 0 Å². The zero-order valence-corrected chi connectivity index (χ0v) is 13.7. The van der Waals surface area contributed by atoms with Gasteiger partial charge >= 0.3 is 0 Å². The predicted molar refractivity (Wildman–Crippen MR) is 83.3 cm³/mol. The van der Waals surface area contributed by atoms with Crippen LogP contribution in [0.15, 0.2) is 0 Å². The van der Waals surface area contributed by atoms with Crippen molar-refractivity contribution in [1.82, 2.24) is 15.1 Å². The van der Waals surface area contributed by atoms with Gasteiger partial charge in [0.15, 0.2) is 0 Å². The van der Waals surface area contributed by atoms with Gasteiger partial charge in [-0.3, -0.25) is 14.6 Å². The zero-order valence-electron chi connectivity index (χ0n) is 13.7. The molecule has 2 N–H and O–H groups in total. The van der Waals surface area contributed by atoms with E-state index in [4.69, 9.17) is 9.84 Å². The van der Waals surface area contributed by atoms with Gasteiger partial charge in [0, 0.05) is 31.7 Å². The van der Waals surface area contributed by atoms with Gasteiger partial charge in [-0.1, -0.05) is 6.92 Å². The normalized spacial score (nSPS) is 17.2. The summed E-state index contributed by atoms with van der Waals surface area (Å²) in [7, 11) is 0. The van der Waals surface area contributed by atoms with Crippen LogP contribution in [-0.2, 0) is 9.53 Å². The Kier molecular flexibility index (Phi) is 8.18. The molecule has 1 rings (SSSR count). The van der Waals surface area contributed by atoms with Crippen LogP contribution in [0, 0.1) is 0 Å². The van der Waals surface area contributed by atoms with Gasteiger partial charge in [0.2, 0.25) is 5.91 Å². The summed E-state index contributed by atoms with van der Waals surface area (Å²) in [6, 6.07) is 0. The van der Waals surface area contributed by atoms with Gasteiger partial charge in [-0.05, 0) is 26.8 Å². The minimum absolute atomic E-state index is 0.0261. The molecule has 0 aromatic rings. The number of hydrogen-bond acceptors (Lipinski definition) is 5. The molecule has 1 aliphatic heterocycles. The molecule has 1 saturated heterocycles. The molecule has 1 fully saturated rings. The smallest absolute Gasteiger partial charge is 0.234 e. The molecule has 0 saturated carbocycles. The van der Waals surface area contributed by atoms with Crippen LogP contribution < -0.4 is 5.32 Å². The maximum Gasteiger partial charge on any atom is 0.234 e. The molecule has 1 amide bonds. The summed E-state index contributed by atoms with van der Waals surface area (Å²) < 4.78 is 5.37. The fourth-order valence-electron chi connectivity index (χ4n) is 2.58. The molecule has 0 aromatic carbocycles. The molecular weight excluding hydrogens is 270 g/mol. The highest BCUT2D eigenvalue weighted by atomic mass is 16.5. The minimum atomic E-state index is -0.0635. The van der Waals surface area contributed by atoms with Gasteiger partial charge in [-0.25, -0.2) is 0 Å². The van der Waals surface area contributed by atoms with E-state index in [-0.39, 0.29) is 18.1 Å². The lowest BCUT2D eigenvalue weighted by atomic mass is 10.0. The molecule has 1 aliphatic rings. The number of morpholine rings is 1. The second-order valence-electron chi connectivity index (χ2n) is 6.19. The first-order valence-electron chi connectivity index (χ1n) is 7.92. The standard InChI is InChI=1S/C15H31N3O3/c1-4-5-17(6-9-19)12-14(20)16-13-15(2,3)18-7-10-21-11-8-18/h19H,4-13H2,1-3H3,(H,16,20). The summed E-state index contributed by atoms with van der Waals surface area (Å²) in [4.78, 5) is 16.4. The SMILES string of the molecule is CCCN(CCO)CC(=O)NCC(C)(C)N1CCOCC1. The van der Waals surface area contributed by atoms with Gasteiger partial charge in [0.1, 0.15) is 0 Å². The van der Waals surface area contributed by atoms with Crippen LogP contribution in [0.3, 0.4) is 0 Å². The molecule has 6 nitrogen and oxygen atoms in total. The average molecular weight is 301 g/mol. The average Bonchev–Trinajstić information content (AvgIpc) is 2.47. The second-order valence-corrected chi connectivity index (χ2v) is 6.19. The fourth-order valence-corrected chi connectivity index (χ4v) is 2.58. The van der Waals surface area contributed by atoms with Crippen LogP contribution in [0.2, 0.25) is 0 Å². The number of rotatable bonds is 9. The molecule has 0 aromatic heterocycles. The molecule has 0 spiro atoms. The van der Waals surface area contributed by atoms with Crippen LogP contribution in [0.5, 0.6) is 0 Å². The fraction of sp³-hybridized carbons (Fsp3) is 0.933. The molecule has 21 heavy (non-hydrogen) atoms. The van der Waals surface area contributed by atoms with Gasteiger partial charge in [0.05, 0.1) is 26.4 Å². The number of carbonyl (C=O) groups is 1. The molecule has 1 heterocycles. The van der Waals surface area contributed by atoms with Crippen molar-refractivity contribution in [2.45, 2.75) is 32.7 Å². The Bertz CT molecular complexity index is 299. The summed E-state index contributed by atoms with van der Waals surface area (Å²) >= 11 is 0. The van der Waals surface area contributed by atoms with Crippen LogP contribution in [0.4, 0.5) is 0 Å². The summed E-state index contributed by atoms with van der Waals surface area (Å²) in [5, 5.41) is 12.0. The highest BCUT2D eigenvalue weighted by molar-refractivity contribution is 5.78. The highest BCUT2D eigenvalue weighted by Gasteiger charge is 2.28. The lowest BCUT2D eigenvalue weighted by molar-refractivity contribution is -0.123. The Hall–Kier alpha value is -0.690. The Morgan fingerprint density at radius 1 is 1.33 bits per heavy atom. The summed E-state index contributed by atoms with van der Waals surface area (Å²) in [6.45, 7) is 12.2. The quantitative estimate of drug-likeness (QED) is 0.623. The molecule has 0 atom stereocenters. The van der Waals surface area contributed by atoms with E-state index in [0.717, 1.165) is 39.3 Å². The van der Waals surface area contributed by atoms with Crippen LogP contribution in [0.1, 0.15) is 27.2 Å². The maximum atomic E-state index is 12.1. The first-order valence-corrected chi connectivity index (χ1v) is 7.92. The Balaban J connectivity index is 2.36. The van der Waals surface area contributed by atoms with E-state index in [1.54, 1.807) is 0 Å². The molecule has 0 radical (unpaired) electrons. The molecule has 0 bridgehead atoms. The maximum absolute atomic E-state index is 12.1. The van der Waals surface area contributed by atoms with Gasteiger partial charge in [-0.2, -0.15) is 0 Å². The molecule has 6 heteroatoms. The lowest BCUT2D eigenvalue weighted by Gasteiger charge is -2.41. The van der Waals surface area contributed by atoms with E-state index in [1.165, 1.54) is 0 Å². The van der Waals surface area contributed by atoms with E-state index in [2.05, 4.69) is 31.0 Å². The topological polar surface area (TPSA) is 65.0 Å². The number of nitrogens with one attached hydrogen (secondary N) is 1. The van der Waals surface area contributed by atoms with Crippen molar-refractivity contribution >= 4 is 5.91 Å². The van der Waals surface area contributed by atoms with Crippen molar-refractivity contribution < 1.29 is 14.6 Å². The third-order valence-electron chi connectivity index (χ3n) is 3.91. The first-order chi connectivity index (χ1) is 9.99. The van der Waals surface area contributed by atoms with Crippen molar-refractivity contribution in [2.75, 3.05) is 59.1 Å². The monoisotopic (exact) mass is 301 g/mol. The minimum Gasteiger partial charge on any atom is -0.395 e. The van der Waals surface area contributed by atoms with Crippen molar-refractivity contribution in [1.29, 1.82) is 0 Å². The summed E-state index contributed by atoms with van der Waals surface area (Å²) in [6.07, 6.45) is 0.979. The van der Waals surface area contributed by atoms with Crippen molar-refractivity contribution in [3.05, 3.63) is 0 Å². The van der Waals surface area contributed by atoms with E-state index < -0.39 is 0 Å².